The van der Waals surface area contributed by atoms with Gasteiger partial charge >= 0.3 is 0 Å². The van der Waals surface area contributed by atoms with E-state index in [1.165, 1.54) is 0 Å². The molecule has 0 radical (unpaired) electrons. The highest BCUT2D eigenvalue weighted by Gasteiger charge is 2.27. The van der Waals surface area contributed by atoms with E-state index in [0.717, 1.165) is 5.69 Å². The van der Waals surface area contributed by atoms with Crippen molar-refractivity contribution in [3.63, 3.8) is 0 Å². The number of anilines is 2. The molecule has 0 saturated carbocycles. The molecule has 1 aliphatic heterocycles. The van der Waals surface area contributed by atoms with Crippen molar-refractivity contribution in [2.45, 2.75) is 26.0 Å². The van der Waals surface area contributed by atoms with Crippen LogP contribution in [0.2, 0.25) is 0 Å². The Bertz CT molecular complexity index is 462. The molecular formula is C13H19N3O2. The average Bonchev–Trinajstić information content (AvgIpc) is 2.32. The Balaban J connectivity index is 2.45. The van der Waals surface area contributed by atoms with Gasteiger partial charge in [0.15, 0.2) is 0 Å². The van der Waals surface area contributed by atoms with Crippen LogP contribution >= 0.6 is 0 Å². The van der Waals surface area contributed by atoms with Crippen LogP contribution in [0.1, 0.15) is 24.2 Å². The maximum absolute atomic E-state index is 11.5. The molecule has 0 bridgehead atoms. The van der Waals surface area contributed by atoms with Crippen molar-refractivity contribution in [1.29, 1.82) is 0 Å². The fraction of sp³-hybridized carbons (Fsp3) is 0.462. The van der Waals surface area contributed by atoms with Crippen molar-refractivity contribution < 1.29 is 9.53 Å². The molecule has 1 aliphatic rings. The molecule has 1 aromatic carbocycles. The van der Waals surface area contributed by atoms with Crippen molar-refractivity contribution in [2.75, 3.05) is 23.8 Å². The lowest BCUT2D eigenvalue weighted by molar-refractivity contribution is 0.0343. The number of nitrogen functional groups attached to an aromatic ring is 1. The van der Waals surface area contributed by atoms with Gasteiger partial charge in [-0.1, -0.05) is 6.07 Å². The monoisotopic (exact) mass is 249 g/mol. The molecule has 0 aromatic heterocycles. The fourth-order valence-electron chi connectivity index (χ4n) is 2.30. The molecule has 1 amide bonds. The summed E-state index contributed by atoms with van der Waals surface area (Å²) < 4.78 is 5.58. The Morgan fingerprint density at radius 2 is 2.17 bits per heavy atom. The Kier molecular flexibility index (Phi) is 3.43. The summed E-state index contributed by atoms with van der Waals surface area (Å²) in [6.07, 6.45) is 0.113. The first-order valence-corrected chi connectivity index (χ1v) is 6.07. The van der Waals surface area contributed by atoms with Crippen LogP contribution in [0.15, 0.2) is 18.2 Å². The first kappa shape index (κ1) is 12.7. The quantitative estimate of drug-likeness (QED) is 0.765. The maximum Gasteiger partial charge on any atom is 0.250 e. The van der Waals surface area contributed by atoms with E-state index < -0.39 is 5.91 Å². The van der Waals surface area contributed by atoms with Crippen LogP contribution in [-0.4, -0.2) is 31.2 Å². The van der Waals surface area contributed by atoms with Crippen molar-refractivity contribution >= 4 is 17.3 Å². The third-order valence-corrected chi connectivity index (χ3v) is 3.23. The minimum Gasteiger partial charge on any atom is -0.397 e. The molecule has 0 aliphatic carbocycles. The highest BCUT2D eigenvalue weighted by atomic mass is 16.5. The van der Waals surface area contributed by atoms with E-state index in [2.05, 4.69) is 4.90 Å². The van der Waals surface area contributed by atoms with Crippen LogP contribution in [0.25, 0.3) is 0 Å². The number of para-hydroxylation sites is 1. The fourth-order valence-corrected chi connectivity index (χ4v) is 2.30. The number of morpholine rings is 1. The Morgan fingerprint density at radius 1 is 1.44 bits per heavy atom. The van der Waals surface area contributed by atoms with Gasteiger partial charge in [0.25, 0.3) is 5.91 Å². The predicted molar refractivity (Wildman–Crippen MR) is 71.6 cm³/mol. The molecule has 5 nitrogen and oxygen atoms in total. The molecule has 1 saturated heterocycles. The first-order valence-electron chi connectivity index (χ1n) is 6.07. The number of amides is 1. The lowest BCUT2D eigenvalue weighted by Crippen LogP contribution is -2.48. The number of hydrogen-bond acceptors (Lipinski definition) is 4. The summed E-state index contributed by atoms with van der Waals surface area (Å²) in [6, 6.07) is 5.41. The molecule has 18 heavy (non-hydrogen) atoms. The van der Waals surface area contributed by atoms with Crippen LogP contribution in [0.5, 0.6) is 0 Å². The van der Waals surface area contributed by atoms with Gasteiger partial charge in [0.1, 0.15) is 0 Å². The van der Waals surface area contributed by atoms with Crippen molar-refractivity contribution in [3.8, 4) is 0 Å². The summed E-state index contributed by atoms with van der Waals surface area (Å²) in [5.74, 6) is -0.455. The summed E-state index contributed by atoms with van der Waals surface area (Å²) in [5.41, 5.74) is 13.2. The highest BCUT2D eigenvalue weighted by molar-refractivity contribution is 6.01. The lowest BCUT2D eigenvalue weighted by Gasteiger charge is -2.39. The number of rotatable bonds is 2. The predicted octanol–water partition coefficient (Wildman–Crippen LogP) is 0.981. The van der Waals surface area contributed by atoms with Crippen LogP contribution in [0, 0.1) is 0 Å². The number of benzene rings is 1. The molecule has 1 aromatic rings. The zero-order valence-electron chi connectivity index (χ0n) is 10.7. The molecule has 2 rings (SSSR count). The topological polar surface area (TPSA) is 81.6 Å². The van der Waals surface area contributed by atoms with E-state index in [-0.39, 0.29) is 12.1 Å². The summed E-state index contributed by atoms with van der Waals surface area (Å²) in [7, 11) is 0. The average molecular weight is 249 g/mol. The van der Waals surface area contributed by atoms with Gasteiger partial charge in [0.05, 0.1) is 29.6 Å². The van der Waals surface area contributed by atoms with Gasteiger partial charge < -0.3 is 21.1 Å². The van der Waals surface area contributed by atoms with Crippen molar-refractivity contribution in [1.82, 2.24) is 0 Å². The number of nitrogens with two attached hydrogens (primary N) is 2. The van der Waals surface area contributed by atoms with Crippen LogP contribution in [0.3, 0.4) is 0 Å². The lowest BCUT2D eigenvalue weighted by atomic mass is 10.1. The van der Waals surface area contributed by atoms with Gasteiger partial charge in [-0.2, -0.15) is 0 Å². The zero-order valence-corrected chi connectivity index (χ0v) is 10.7. The second kappa shape index (κ2) is 4.86. The minimum atomic E-state index is -0.455. The minimum absolute atomic E-state index is 0.113. The van der Waals surface area contributed by atoms with Crippen LogP contribution in [0.4, 0.5) is 11.4 Å². The number of carbonyl (C=O) groups excluding carboxylic acids is 1. The molecule has 4 N–H and O–H groups in total. The smallest absolute Gasteiger partial charge is 0.250 e. The van der Waals surface area contributed by atoms with E-state index in [4.69, 9.17) is 16.2 Å². The van der Waals surface area contributed by atoms with Gasteiger partial charge in [-0.3, -0.25) is 4.79 Å². The number of ether oxygens (including phenoxy) is 1. The third-order valence-electron chi connectivity index (χ3n) is 3.23. The van der Waals surface area contributed by atoms with E-state index in [1.54, 1.807) is 18.2 Å². The summed E-state index contributed by atoms with van der Waals surface area (Å²) in [4.78, 5) is 13.6. The Hall–Kier alpha value is -1.75. The summed E-state index contributed by atoms with van der Waals surface area (Å²) in [6.45, 7) is 5.37. The normalized spacial score (nSPS) is 24.0. The largest absolute Gasteiger partial charge is 0.397 e. The van der Waals surface area contributed by atoms with Gasteiger partial charge in [-0.15, -0.1) is 0 Å². The molecule has 1 heterocycles. The third kappa shape index (κ3) is 2.26. The first-order chi connectivity index (χ1) is 8.50. The number of hydrogen-bond donors (Lipinski definition) is 2. The molecule has 1 fully saturated rings. The molecule has 98 valence electrons. The van der Waals surface area contributed by atoms with Gasteiger partial charge in [0, 0.05) is 12.6 Å². The SMILES string of the molecule is CC1CN(c2c(N)cccc2C(N)=O)C(C)CO1. The van der Waals surface area contributed by atoms with Crippen molar-refractivity contribution in [3.05, 3.63) is 23.8 Å². The number of carbonyl (C=O) groups is 1. The van der Waals surface area contributed by atoms with Gasteiger partial charge in [-0.05, 0) is 26.0 Å². The molecule has 2 unspecified atom stereocenters. The van der Waals surface area contributed by atoms with E-state index >= 15 is 0 Å². The highest BCUT2D eigenvalue weighted by Crippen LogP contribution is 2.31. The molecule has 2 atom stereocenters. The van der Waals surface area contributed by atoms with E-state index in [1.807, 2.05) is 13.8 Å². The molecule has 5 heteroatoms. The van der Waals surface area contributed by atoms with E-state index in [9.17, 15) is 4.79 Å². The number of primary amides is 1. The van der Waals surface area contributed by atoms with Gasteiger partial charge in [-0.25, -0.2) is 0 Å². The maximum atomic E-state index is 11.5. The summed E-state index contributed by atoms with van der Waals surface area (Å²) in [5, 5.41) is 0. The summed E-state index contributed by atoms with van der Waals surface area (Å²) >= 11 is 0. The molecule has 0 spiro atoms. The van der Waals surface area contributed by atoms with Crippen LogP contribution < -0.4 is 16.4 Å². The second-order valence-electron chi connectivity index (χ2n) is 4.75. The molecular weight excluding hydrogens is 230 g/mol. The van der Waals surface area contributed by atoms with Gasteiger partial charge in [0.2, 0.25) is 0 Å². The van der Waals surface area contributed by atoms with E-state index in [0.29, 0.717) is 24.4 Å². The second-order valence-corrected chi connectivity index (χ2v) is 4.75. The zero-order chi connectivity index (χ0) is 13.3. The Labute approximate surface area is 107 Å². The number of nitrogens with zero attached hydrogens (tertiary/aromatic N) is 1. The standard InChI is InChI=1S/C13H19N3O2/c1-8-7-18-9(2)6-16(8)12-10(13(15)17)4-3-5-11(12)14/h3-5,8-9H,6-7,14H2,1-2H3,(H2,15,17). The van der Waals surface area contributed by atoms with Crippen LogP contribution in [-0.2, 0) is 4.74 Å². The Morgan fingerprint density at radius 3 is 2.83 bits per heavy atom. The van der Waals surface area contributed by atoms with Crippen molar-refractivity contribution in [2.24, 2.45) is 5.73 Å².